The van der Waals surface area contributed by atoms with Gasteiger partial charge in [0.2, 0.25) is 0 Å². The molecule has 6 N–H and O–H groups in total. The topological polar surface area (TPSA) is 213 Å². The second-order valence-corrected chi connectivity index (χ2v) is 13.8. The summed E-state index contributed by atoms with van der Waals surface area (Å²) >= 11 is 1.05. The molecule has 0 saturated carbocycles. The Labute approximate surface area is 288 Å². The van der Waals surface area contributed by atoms with Crippen molar-refractivity contribution < 1.29 is 43.3 Å². The monoisotopic (exact) mass is 695 g/mol. The third-order valence-electron chi connectivity index (χ3n) is 6.35. The number of carbonyl (C=O) groups excluding carboxylic acids is 4. The third kappa shape index (κ3) is 11.3. The lowest BCUT2D eigenvalue weighted by molar-refractivity contribution is -0.142. The maximum absolute atomic E-state index is 13.3. The maximum Gasteiger partial charge on any atom is 0.420 e. The van der Waals surface area contributed by atoms with E-state index in [1.165, 1.54) is 6.07 Å². The van der Waals surface area contributed by atoms with E-state index in [9.17, 15) is 29.1 Å². The number of carboxylic acid groups (broad SMARTS) is 1. The molecule has 0 aliphatic heterocycles. The number of thiophene rings is 1. The number of aliphatic carboxylic acids is 1. The van der Waals surface area contributed by atoms with Gasteiger partial charge in [0.15, 0.2) is 12.0 Å². The van der Waals surface area contributed by atoms with Crippen molar-refractivity contribution in [3.05, 3.63) is 82.2 Å². The van der Waals surface area contributed by atoms with Gasteiger partial charge in [0, 0.05) is 11.4 Å². The van der Waals surface area contributed by atoms with Crippen LogP contribution in [0.4, 0.5) is 9.59 Å². The smallest absolute Gasteiger partial charge is 0.420 e. The standard InChI is InChI=1S/C34H41N5O9S/c1-33(2,3)47-29(43)22-14-10-13-21(23(22)17-38-30(35)36)25-15-16-26(49-25)27(40)37-18-24(28(41)42)39(32(45)48-34(4,5)6)31(44)46-19-20-11-8-7-9-12-20/h7-16,24H,17-19H2,1-6H3,(H,37,40)(H,41,42)(H4,35,36,38). The number of rotatable bonds is 11. The summed E-state index contributed by atoms with van der Waals surface area (Å²) in [6.45, 7) is 8.93. The van der Waals surface area contributed by atoms with Crippen molar-refractivity contribution >= 4 is 47.3 Å². The molecular weight excluding hydrogens is 654 g/mol. The van der Waals surface area contributed by atoms with Crippen molar-refractivity contribution in [1.82, 2.24) is 10.2 Å². The highest BCUT2D eigenvalue weighted by Gasteiger charge is 2.39. The third-order valence-corrected chi connectivity index (χ3v) is 7.47. The van der Waals surface area contributed by atoms with E-state index < -0.39 is 53.8 Å². The highest BCUT2D eigenvalue weighted by molar-refractivity contribution is 7.17. The fourth-order valence-electron chi connectivity index (χ4n) is 4.28. The molecule has 3 rings (SSSR count). The van der Waals surface area contributed by atoms with Crippen molar-refractivity contribution in [3.8, 4) is 10.4 Å². The number of nitrogens with one attached hydrogen (secondary N) is 1. The van der Waals surface area contributed by atoms with Gasteiger partial charge in [-0.3, -0.25) is 4.79 Å². The van der Waals surface area contributed by atoms with Gasteiger partial charge in [0.1, 0.15) is 17.8 Å². The number of imide groups is 1. The van der Waals surface area contributed by atoms with Crippen LogP contribution in [0.15, 0.2) is 65.7 Å². The molecule has 0 radical (unpaired) electrons. The van der Waals surface area contributed by atoms with Gasteiger partial charge in [0.25, 0.3) is 5.91 Å². The van der Waals surface area contributed by atoms with Gasteiger partial charge in [-0.05, 0) is 76.4 Å². The van der Waals surface area contributed by atoms with Crippen molar-refractivity contribution in [3.63, 3.8) is 0 Å². The number of carboxylic acids is 1. The molecule has 3 amide bonds. The van der Waals surface area contributed by atoms with Gasteiger partial charge in [-0.15, -0.1) is 11.3 Å². The Bertz CT molecular complexity index is 1700. The van der Waals surface area contributed by atoms with Crippen molar-refractivity contribution in [2.24, 2.45) is 16.5 Å². The first-order valence-electron chi connectivity index (χ1n) is 15.1. The van der Waals surface area contributed by atoms with Crippen LogP contribution in [0.2, 0.25) is 0 Å². The molecule has 0 aliphatic carbocycles. The number of nitrogens with two attached hydrogens (primary N) is 2. The molecule has 49 heavy (non-hydrogen) atoms. The van der Waals surface area contributed by atoms with E-state index in [2.05, 4.69) is 10.3 Å². The first-order chi connectivity index (χ1) is 22.9. The summed E-state index contributed by atoms with van der Waals surface area (Å²) in [7, 11) is 0. The zero-order chi connectivity index (χ0) is 36.5. The summed E-state index contributed by atoms with van der Waals surface area (Å²) in [6.07, 6.45) is -2.53. The number of hydrogen-bond donors (Lipinski definition) is 4. The zero-order valence-electron chi connectivity index (χ0n) is 28.1. The highest BCUT2D eigenvalue weighted by Crippen LogP contribution is 2.34. The molecule has 2 aromatic carbocycles. The molecule has 3 aromatic rings. The fraction of sp³-hybridized carbons (Fsp3) is 0.353. The van der Waals surface area contributed by atoms with Crippen LogP contribution < -0.4 is 16.8 Å². The van der Waals surface area contributed by atoms with Crippen LogP contribution in [-0.4, -0.2) is 69.8 Å². The number of benzene rings is 2. The van der Waals surface area contributed by atoms with Crippen LogP contribution in [-0.2, 0) is 32.2 Å². The first-order valence-corrected chi connectivity index (χ1v) is 15.9. The quantitative estimate of drug-likeness (QED) is 0.0916. The average Bonchev–Trinajstić information content (AvgIpc) is 3.49. The number of esters is 1. The molecule has 1 unspecified atom stereocenters. The number of hydrogen-bond acceptors (Lipinski definition) is 10. The lowest BCUT2D eigenvalue weighted by atomic mass is 9.99. The van der Waals surface area contributed by atoms with Crippen LogP contribution in [0, 0.1) is 0 Å². The number of aliphatic imine (C=N–C) groups is 1. The molecule has 0 spiro atoms. The minimum Gasteiger partial charge on any atom is -0.480 e. The van der Waals surface area contributed by atoms with Gasteiger partial charge in [-0.2, -0.15) is 4.90 Å². The molecule has 0 saturated heterocycles. The van der Waals surface area contributed by atoms with Crippen LogP contribution >= 0.6 is 11.3 Å². The number of ether oxygens (including phenoxy) is 3. The Morgan fingerprint density at radius 1 is 0.878 bits per heavy atom. The molecule has 0 aliphatic rings. The van der Waals surface area contributed by atoms with Crippen LogP contribution in [0.3, 0.4) is 0 Å². The SMILES string of the molecule is CC(C)(C)OC(=O)c1cccc(-c2ccc(C(=O)NCC(C(=O)O)N(C(=O)OCc3ccccc3)C(=O)OC(C)(C)C)s2)c1CN=C(N)N. The average molecular weight is 696 g/mol. The van der Waals surface area contributed by atoms with E-state index in [4.69, 9.17) is 25.7 Å². The van der Waals surface area contributed by atoms with Gasteiger partial charge in [-0.25, -0.2) is 24.2 Å². The van der Waals surface area contributed by atoms with E-state index in [-0.39, 0.29) is 29.6 Å². The van der Waals surface area contributed by atoms with E-state index in [0.29, 0.717) is 26.5 Å². The Hall–Kier alpha value is -5.44. The highest BCUT2D eigenvalue weighted by atomic mass is 32.1. The summed E-state index contributed by atoms with van der Waals surface area (Å²) in [5.74, 6) is -3.04. The molecule has 15 heteroatoms. The van der Waals surface area contributed by atoms with E-state index in [1.807, 2.05) is 0 Å². The molecule has 1 aromatic heterocycles. The molecule has 1 atom stereocenters. The van der Waals surface area contributed by atoms with E-state index in [1.54, 1.807) is 96.1 Å². The summed E-state index contributed by atoms with van der Waals surface area (Å²) in [6, 6.07) is 14.9. The normalized spacial score (nSPS) is 11.9. The Balaban J connectivity index is 1.87. The zero-order valence-corrected chi connectivity index (χ0v) is 29.0. The first kappa shape index (κ1) is 38.0. The largest absolute Gasteiger partial charge is 0.480 e. The summed E-state index contributed by atoms with van der Waals surface area (Å²) < 4.78 is 16.1. The second-order valence-electron chi connectivity index (χ2n) is 12.7. The van der Waals surface area contributed by atoms with Gasteiger partial charge >= 0.3 is 24.1 Å². The fourth-order valence-corrected chi connectivity index (χ4v) is 5.26. The number of nitrogens with zero attached hydrogens (tertiary/aromatic N) is 2. The molecule has 14 nitrogen and oxygen atoms in total. The number of carbonyl (C=O) groups is 5. The lowest BCUT2D eigenvalue weighted by Crippen LogP contribution is -2.55. The van der Waals surface area contributed by atoms with Crippen LogP contribution in [0.5, 0.6) is 0 Å². The molecule has 0 bridgehead atoms. The Morgan fingerprint density at radius 3 is 2.12 bits per heavy atom. The van der Waals surface area contributed by atoms with E-state index >= 15 is 0 Å². The van der Waals surface area contributed by atoms with Crippen molar-refractivity contribution in [2.45, 2.75) is 71.9 Å². The van der Waals surface area contributed by atoms with E-state index in [0.717, 1.165) is 11.3 Å². The number of amides is 3. The van der Waals surface area contributed by atoms with Crippen LogP contribution in [0.25, 0.3) is 10.4 Å². The Kier molecular flexibility index (Phi) is 12.5. The minimum atomic E-state index is -1.88. The van der Waals surface area contributed by atoms with Gasteiger partial charge in [-0.1, -0.05) is 42.5 Å². The predicted octanol–water partition coefficient (Wildman–Crippen LogP) is 4.90. The predicted molar refractivity (Wildman–Crippen MR) is 183 cm³/mol. The van der Waals surface area contributed by atoms with Crippen molar-refractivity contribution in [2.75, 3.05) is 6.54 Å². The summed E-state index contributed by atoms with van der Waals surface area (Å²) in [5, 5.41) is 12.5. The molecule has 262 valence electrons. The lowest BCUT2D eigenvalue weighted by Gasteiger charge is -2.29. The van der Waals surface area contributed by atoms with Crippen LogP contribution in [0.1, 0.15) is 72.7 Å². The number of guanidine groups is 1. The molecule has 1 heterocycles. The second kappa shape index (κ2) is 16.1. The molecular formula is C34H41N5O9S. The van der Waals surface area contributed by atoms with Gasteiger partial charge < -0.3 is 36.1 Å². The summed E-state index contributed by atoms with van der Waals surface area (Å²) in [5.41, 5.74) is 11.2. The Morgan fingerprint density at radius 2 is 1.53 bits per heavy atom. The molecule has 0 fully saturated rings. The van der Waals surface area contributed by atoms with Crippen molar-refractivity contribution in [1.29, 1.82) is 0 Å². The summed E-state index contributed by atoms with van der Waals surface area (Å²) in [4.78, 5) is 70.1. The maximum atomic E-state index is 13.3. The minimum absolute atomic E-state index is 0.0479. The van der Waals surface area contributed by atoms with Gasteiger partial charge in [0.05, 0.1) is 17.0 Å².